The molecule has 4 fully saturated rings. The quantitative estimate of drug-likeness (QED) is 0.282. The maximum absolute atomic E-state index is 6.53. The van der Waals surface area contributed by atoms with Crippen molar-refractivity contribution in [2.75, 3.05) is 0 Å². The van der Waals surface area contributed by atoms with Crippen LogP contribution in [0.5, 0.6) is 0 Å². The average molecular weight is 568 g/mol. The molecule has 1 N–H and O–H groups in total. The molecule has 8 atom stereocenters. The molecule has 4 aliphatic carbocycles. The maximum Gasteiger partial charge on any atom is 0.150 e. The Labute approximate surface area is 257 Å². The van der Waals surface area contributed by atoms with Gasteiger partial charge in [0.1, 0.15) is 12.0 Å². The van der Waals surface area contributed by atoms with Gasteiger partial charge in [-0.25, -0.2) is 0 Å². The van der Waals surface area contributed by atoms with Gasteiger partial charge in [0.2, 0.25) is 0 Å². The predicted octanol–water partition coefficient (Wildman–Crippen LogP) is 10.7. The minimum Gasteiger partial charge on any atom is -0.475 e. The van der Waals surface area contributed by atoms with E-state index in [9.17, 15) is 0 Å². The highest BCUT2D eigenvalue weighted by atomic mass is 16.5. The lowest BCUT2D eigenvalue weighted by Crippen LogP contribution is -2.66. The van der Waals surface area contributed by atoms with Crippen molar-refractivity contribution >= 4 is 11.8 Å². The number of hydrogen-bond acceptors (Lipinski definition) is 2. The molecule has 42 heavy (non-hydrogen) atoms. The molecule has 0 spiro atoms. The molecule has 1 aliphatic heterocycles. The smallest absolute Gasteiger partial charge is 0.150 e. The standard InChI is InChI=1S/C40H57NO/c1-10-27(3)40-24-22-36(5,6)26-32(40)31-16-17-33-37(7)20-19-35(42-28(4)30-15-13-12-14-29(30)11-2)41-34(37)18-21-39(33,9)38(31,8)23-25-40/h10-16,32-35,41H,2,4,17-26H2,1,3,5-9H3/b27-10+/t32?,33?,34?,35?,37?,38-,39?,40?/m1/s1. The first-order valence-corrected chi connectivity index (χ1v) is 17.0. The Morgan fingerprint density at radius 3 is 2.45 bits per heavy atom. The number of ether oxygens (including phenoxy) is 1. The molecule has 1 heterocycles. The number of allylic oxidation sites excluding steroid dienone is 4. The number of nitrogens with one attached hydrogen (secondary N) is 1. The van der Waals surface area contributed by atoms with Crippen molar-refractivity contribution in [3.8, 4) is 0 Å². The van der Waals surface area contributed by atoms with E-state index in [1.165, 1.54) is 57.8 Å². The monoisotopic (exact) mass is 567 g/mol. The predicted molar refractivity (Wildman–Crippen MR) is 179 cm³/mol. The second-order valence-corrected chi connectivity index (χ2v) is 16.4. The molecule has 1 saturated heterocycles. The zero-order valence-corrected chi connectivity index (χ0v) is 27.7. The summed E-state index contributed by atoms with van der Waals surface area (Å²) in [6.07, 6.45) is 20.0. The van der Waals surface area contributed by atoms with E-state index in [-0.39, 0.29) is 17.1 Å². The van der Waals surface area contributed by atoms with Gasteiger partial charge in [-0.3, -0.25) is 5.32 Å². The van der Waals surface area contributed by atoms with Gasteiger partial charge in [-0.1, -0.05) is 101 Å². The van der Waals surface area contributed by atoms with Crippen LogP contribution >= 0.6 is 0 Å². The molecule has 0 radical (unpaired) electrons. The summed E-state index contributed by atoms with van der Waals surface area (Å²) in [6.45, 7) is 26.1. The fraction of sp³-hybridized carbons (Fsp3) is 0.650. The van der Waals surface area contributed by atoms with Crippen molar-refractivity contribution in [3.05, 3.63) is 71.8 Å². The van der Waals surface area contributed by atoms with E-state index < -0.39 is 0 Å². The van der Waals surface area contributed by atoms with Crippen LogP contribution in [-0.4, -0.2) is 12.3 Å². The summed E-state index contributed by atoms with van der Waals surface area (Å²) in [6, 6.07) is 8.76. The Morgan fingerprint density at radius 1 is 0.976 bits per heavy atom. The Balaban J connectivity index is 1.27. The van der Waals surface area contributed by atoms with E-state index in [0.717, 1.165) is 23.3 Å². The maximum atomic E-state index is 6.53. The second-order valence-electron chi connectivity index (χ2n) is 16.4. The van der Waals surface area contributed by atoms with Crippen LogP contribution in [-0.2, 0) is 4.74 Å². The molecular weight excluding hydrogens is 510 g/mol. The van der Waals surface area contributed by atoms with E-state index in [1.54, 1.807) is 5.57 Å². The Morgan fingerprint density at radius 2 is 1.71 bits per heavy atom. The summed E-state index contributed by atoms with van der Waals surface area (Å²) in [5.41, 5.74) is 7.35. The number of benzene rings is 1. The molecule has 1 aromatic carbocycles. The van der Waals surface area contributed by atoms with Crippen LogP contribution < -0.4 is 5.32 Å². The van der Waals surface area contributed by atoms with Crippen LogP contribution in [0.25, 0.3) is 11.8 Å². The largest absolute Gasteiger partial charge is 0.475 e. The van der Waals surface area contributed by atoms with Crippen LogP contribution in [0.4, 0.5) is 0 Å². The summed E-state index contributed by atoms with van der Waals surface area (Å²) >= 11 is 0. The lowest BCUT2D eigenvalue weighted by Gasteiger charge is -2.70. The molecule has 5 aliphatic rings. The van der Waals surface area contributed by atoms with Gasteiger partial charge >= 0.3 is 0 Å². The SMILES string of the molecule is C=Cc1ccccc1C(=C)OC1CCC2(C)C(CCC3(C)C2CC=C2C4CC(C)(C)CCC4(/C(C)=C/C)CC[C@]23C)N1. The number of piperidine rings is 1. The average Bonchev–Trinajstić information content (AvgIpc) is 2.97. The molecule has 0 amide bonds. The zero-order chi connectivity index (χ0) is 30.1. The Bertz CT molecular complexity index is 1320. The highest BCUT2D eigenvalue weighted by Gasteiger charge is 2.66. The normalized spacial score (nSPS) is 42.6. The minimum atomic E-state index is 0.0201. The van der Waals surface area contributed by atoms with Gasteiger partial charge in [0.05, 0.1) is 0 Å². The minimum absolute atomic E-state index is 0.0201. The topological polar surface area (TPSA) is 21.3 Å². The van der Waals surface area contributed by atoms with Gasteiger partial charge in [-0.05, 0) is 123 Å². The summed E-state index contributed by atoms with van der Waals surface area (Å²) in [7, 11) is 0. The van der Waals surface area contributed by atoms with E-state index in [1.807, 2.05) is 17.7 Å². The fourth-order valence-corrected chi connectivity index (χ4v) is 11.2. The van der Waals surface area contributed by atoms with Gasteiger partial charge in [-0.15, -0.1) is 0 Å². The molecule has 1 aromatic rings. The molecule has 228 valence electrons. The van der Waals surface area contributed by atoms with E-state index in [0.29, 0.717) is 34.1 Å². The molecule has 0 aromatic heterocycles. The van der Waals surface area contributed by atoms with Crippen LogP contribution in [0.15, 0.2) is 60.7 Å². The van der Waals surface area contributed by atoms with Crippen molar-refractivity contribution in [1.82, 2.24) is 5.32 Å². The number of fused-ring (bicyclic) bond motifs is 7. The van der Waals surface area contributed by atoms with Gasteiger partial charge in [-0.2, -0.15) is 0 Å². The first kappa shape index (κ1) is 30.0. The molecule has 6 rings (SSSR count). The second kappa shape index (κ2) is 10.3. The lowest BCUT2D eigenvalue weighted by molar-refractivity contribution is -0.152. The Kier molecular flexibility index (Phi) is 7.32. The summed E-state index contributed by atoms with van der Waals surface area (Å²) in [5.74, 6) is 2.15. The third kappa shape index (κ3) is 4.28. The van der Waals surface area contributed by atoms with Crippen molar-refractivity contribution in [3.63, 3.8) is 0 Å². The van der Waals surface area contributed by atoms with Crippen LogP contribution in [0.3, 0.4) is 0 Å². The van der Waals surface area contributed by atoms with Crippen LogP contribution in [0, 0.1) is 38.9 Å². The molecule has 2 nitrogen and oxygen atoms in total. The van der Waals surface area contributed by atoms with Gasteiger partial charge in [0.25, 0.3) is 0 Å². The van der Waals surface area contributed by atoms with Crippen molar-refractivity contribution < 1.29 is 4.74 Å². The highest BCUT2D eigenvalue weighted by molar-refractivity contribution is 5.69. The lowest BCUT2D eigenvalue weighted by atomic mass is 9.35. The summed E-state index contributed by atoms with van der Waals surface area (Å²) in [4.78, 5) is 0. The molecule has 0 bridgehead atoms. The van der Waals surface area contributed by atoms with E-state index in [2.05, 4.69) is 97.3 Å². The summed E-state index contributed by atoms with van der Waals surface area (Å²) in [5, 5.41) is 4.02. The first-order valence-electron chi connectivity index (χ1n) is 17.0. The molecular formula is C40H57NO. The molecule has 7 unspecified atom stereocenters. The Hall–Kier alpha value is -2.06. The van der Waals surface area contributed by atoms with Gasteiger partial charge in [0.15, 0.2) is 0 Å². The van der Waals surface area contributed by atoms with Crippen molar-refractivity contribution in [1.29, 1.82) is 0 Å². The zero-order valence-electron chi connectivity index (χ0n) is 27.7. The molecule has 2 heteroatoms. The van der Waals surface area contributed by atoms with Crippen LogP contribution in [0.2, 0.25) is 0 Å². The number of rotatable bonds is 5. The molecule has 3 saturated carbocycles. The number of hydrogen-bond donors (Lipinski definition) is 1. The highest BCUT2D eigenvalue weighted by Crippen LogP contribution is 2.74. The third-order valence-corrected chi connectivity index (χ3v) is 14.2. The van der Waals surface area contributed by atoms with E-state index in [4.69, 9.17) is 4.74 Å². The van der Waals surface area contributed by atoms with E-state index >= 15 is 0 Å². The van der Waals surface area contributed by atoms with Crippen molar-refractivity contribution in [2.24, 2.45) is 38.9 Å². The van der Waals surface area contributed by atoms with Crippen LogP contribution in [0.1, 0.15) is 124 Å². The van der Waals surface area contributed by atoms with Gasteiger partial charge in [0, 0.05) is 11.6 Å². The van der Waals surface area contributed by atoms with Gasteiger partial charge < -0.3 is 4.74 Å². The summed E-state index contributed by atoms with van der Waals surface area (Å²) < 4.78 is 6.53. The third-order valence-electron chi connectivity index (χ3n) is 14.2. The van der Waals surface area contributed by atoms with Crippen molar-refractivity contribution in [2.45, 2.75) is 125 Å². The first-order chi connectivity index (χ1) is 19.8. The fourth-order valence-electron chi connectivity index (χ4n) is 11.2.